The number of hydrogen-bond donors (Lipinski definition) is 2. The Balaban J connectivity index is 2.53. The molecule has 0 saturated carbocycles. The van der Waals surface area contributed by atoms with Gasteiger partial charge in [0.2, 0.25) is 5.91 Å². The summed E-state index contributed by atoms with van der Waals surface area (Å²) in [6.45, 7) is 0.510. The molecule has 0 radical (unpaired) electrons. The number of carboxylic acid groups (broad SMARTS) is 1. The lowest BCUT2D eigenvalue weighted by molar-refractivity contribution is -0.116. The van der Waals surface area contributed by atoms with E-state index in [4.69, 9.17) is 9.84 Å². The lowest BCUT2D eigenvalue weighted by Gasteiger charge is -2.04. The maximum absolute atomic E-state index is 11.4. The van der Waals surface area contributed by atoms with Gasteiger partial charge >= 0.3 is 5.97 Å². The molecule has 1 amide bonds. The summed E-state index contributed by atoms with van der Waals surface area (Å²) in [4.78, 5) is 26.0. The number of hydrogen-bond acceptors (Lipinski definition) is 4. The SMILES string of the molecule is COCCCC(=O)Nc1cc(C(=O)O)ccn1. The first-order valence-electron chi connectivity index (χ1n) is 5.11. The van der Waals surface area contributed by atoms with Crippen molar-refractivity contribution in [2.45, 2.75) is 12.8 Å². The normalized spacial score (nSPS) is 9.94. The molecule has 17 heavy (non-hydrogen) atoms. The van der Waals surface area contributed by atoms with Gasteiger partial charge in [-0.05, 0) is 18.6 Å². The van der Waals surface area contributed by atoms with E-state index in [0.717, 1.165) is 0 Å². The van der Waals surface area contributed by atoms with E-state index in [1.807, 2.05) is 0 Å². The average Bonchev–Trinajstić information content (AvgIpc) is 2.29. The zero-order valence-electron chi connectivity index (χ0n) is 9.47. The molecule has 1 heterocycles. The molecule has 0 aliphatic heterocycles. The first-order valence-corrected chi connectivity index (χ1v) is 5.11. The second-order valence-electron chi connectivity index (χ2n) is 3.38. The van der Waals surface area contributed by atoms with Crippen LogP contribution in [0.3, 0.4) is 0 Å². The summed E-state index contributed by atoms with van der Waals surface area (Å²) in [5.41, 5.74) is 0.0900. The van der Waals surface area contributed by atoms with Gasteiger partial charge in [-0.1, -0.05) is 0 Å². The van der Waals surface area contributed by atoms with Crippen LogP contribution >= 0.6 is 0 Å². The fourth-order valence-corrected chi connectivity index (χ4v) is 1.21. The van der Waals surface area contributed by atoms with Gasteiger partial charge < -0.3 is 15.2 Å². The van der Waals surface area contributed by atoms with Crippen molar-refractivity contribution >= 4 is 17.7 Å². The molecular weight excluding hydrogens is 224 g/mol. The van der Waals surface area contributed by atoms with Gasteiger partial charge in [0.25, 0.3) is 0 Å². The van der Waals surface area contributed by atoms with Crippen molar-refractivity contribution in [3.05, 3.63) is 23.9 Å². The van der Waals surface area contributed by atoms with Gasteiger partial charge in [0.15, 0.2) is 0 Å². The zero-order valence-corrected chi connectivity index (χ0v) is 9.47. The van der Waals surface area contributed by atoms with Crippen LogP contribution in [0.4, 0.5) is 5.82 Å². The van der Waals surface area contributed by atoms with Gasteiger partial charge in [0.05, 0.1) is 5.56 Å². The summed E-state index contributed by atoms with van der Waals surface area (Å²) in [6, 6.07) is 2.68. The summed E-state index contributed by atoms with van der Waals surface area (Å²) in [5, 5.41) is 11.3. The minimum atomic E-state index is -1.05. The smallest absolute Gasteiger partial charge is 0.335 e. The van der Waals surface area contributed by atoms with Crippen LogP contribution in [0.5, 0.6) is 0 Å². The molecule has 6 nitrogen and oxygen atoms in total. The van der Waals surface area contributed by atoms with E-state index < -0.39 is 5.97 Å². The Labute approximate surface area is 98.6 Å². The number of aromatic carboxylic acids is 1. The summed E-state index contributed by atoms with van der Waals surface area (Å²) < 4.78 is 4.82. The largest absolute Gasteiger partial charge is 0.478 e. The number of nitrogens with zero attached hydrogens (tertiary/aromatic N) is 1. The Morgan fingerprint density at radius 1 is 1.53 bits per heavy atom. The quantitative estimate of drug-likeness (QED) is 0.725. The molecule has 1 aromatic rings. The van der Waals surface area contributed by atoms with Crippen molar-refractivity contribution in [2.24, 2.45) is 0 Å². The van der Waals surface area contributed by atoms with Gasteiger partial charge in [0, 0.05) is 26.3 Å². The van der Waals surface area contributed by atoms with Crippen LogP contribution in [-0.4, -0.2) is 35.7 Å². The van der Waals surface area contributed by atoms with Gasteiger partial charge in [0.1, 0.15) is 5.82 Å². The molecule has 0 bridgehead atoms. The van der Waals surface area contributed by atoms with Crippen LogP contribution in [0.15, 0.2) is 18.3 Å². The van der Waals surface area contributed by atoms with Gasteiger partial charge in [-0.2, -0.15) is 0 Å². The second-order valence-corrected chi connectivity index (χ2v) is 3.38. The third-order valence-electron chi connectivity index (χ3n) is 2.03. The molecule has 1 aromatic heterocycles. The number of rotatable bonds is 6. The van der Waals surface area contributed by atoms with Crippen LogP contribution in [0.2, 0.25) is 0 Å². The molecule has 0 atom stereocenters. The second kappa shape index (κ2) is 6.59. The first kappa shape index (κ1) is 13.1. The minimum Gasteiger partial charge on any atom is -0.478 e. The molecule has 0 fully saturated rings. The van der Waals surface area contributed by atoms with E-state index >= 15 is 0 Å². The summed E-state index contributed by atoms with van der Waals surface area (Å²) in [5.74, 6) is -1.02. The van der Waals surface area contributed by atoms with E-state index in [1.165, 1.54) is 18.3 Å². The number of methoxy groups -OCH3 is 1. The fraction of sp³-hybridized carbons (Fsp3) is 0.364. The number of anilines is 1. The Morgan fingerprint density at radius 3 is 2.94 bits per heavy atom. The maximum Gasteiger partial charge on any atom is 0.335 e. The molecule has 0 aliphatic carbocycles. The molecule has 1 rings (SSSR count). The van der Waals surface area contributed by atoms with E-state index in [2.05, 4.69) is 10.3 Å². The monoisotopic (exact) mass is 238 g/mol. The summed E-state index contributed by atoms with van der Waals surface area (Å²) in [6.07, 6.45) is 2.27. The standard InChI is InChI=1S/C11H14N2O4/c1-17-6-2-3-10(14)13-9-7-8(11(15)16)4-5-12-9/h4-5,7H,2-3,6H2,1H3,(H,15,16)(H,12,13,14). The number of pyridine rings is 1. The van der Waals surface area contributed by atoms with Crippen molar-refractivity contribution in [1.82, 2.24) is 4.98 Å². The molecule has 0 aromatic carbocycles. The number of amides is 1. The lowest BCUT2D eigenvalue weighted by Crippen LogP contribution is -2.13. The van der Waals surface area contributed by atoms with E-state index in [1.54, 1.807) is 7.11 Å². The highest BCUT2D eigenvalue weighted by Crippen LogP contribution is 2.07. The van der Waals surface area contributed by atoms with E-state index in [0.29, 0.717) is 19.4 Å². The number of carbonyl (C=O) groups excluding carboxylic acids is 1. The molecular formula is C11H14N2O4. The molecule has 6 heteroatoms. The summed E-state index contributed by atoms with van der Waals surface area (Å²) in [7, 11) is 1.57. The highest BCUT2D eigenvalue weighted by Gasteiger charge is 2.06. The Bertz CT molecular complexity index is 406. The third kappa shape index (κ3) is 4.60. The highest BCUT2D eigenvalue weighted by molar-refractivity contribution is 5.92. The van der Waals surface area contributed by atoms with Crippen molar-refractivity contribution in [2.75, 3.05) is 19.0 Å². The average molecular weight is 238 g/mol. The van der Waals surface area contributed by atoms with Crippen LogP contribution in [-0.2, 0) is 9.53 Å². The maximum atomic E-state index is 11.4. The van der Waals surface area contributed by atoms with Gasteiger partial charge in [-0.15, -0.1) is 0 Å². The van der Waals surface area contributed by atoms with Crippen LogP contribution in [0.1, 0.15) is 23.2 Å². The number of carboxylic acids is 1. The Kier molecular flexibility index (Phi) is 5.09. The van der Waals surface area contributed by atoms with Gasteiger partial charge in [-0.25, -0.2) is 9.78 Å². The number of ether oxygens (including phenoxy) is 1. The van der Waals surface area contributed by atoms with Crippen LogP contribution in [0, 0.1) is 0 Å². The number of carbonyl (C=O) groups is 2. The number of nitrogens with one attached hydrogen (secondary N) is 1. The van der Waals surface area contributed by atoms with E-state index in [-0.39, 0.29) is 17.3 Å². The van der Waals surface area contributed by atoms with Crippen LogP contribution < -0.4 is 5.32 Å². The van der Waals surface area contributed by atoms with E-state index in [9.17, 15) is 9.59 Å². The molecule has 0 spiro atoms. The Hall–Kier alpha value is -1.95. The molecule has 0 saturated heterocycles. The zero-order chi connectivity index (χ0) is 12.7. The topological polar surface area (TPSA) is 88.5 Å². The Morgan fingerprint density at radius 2 is 2.29 bits per heavy atom. The third-order valence-corrected chi connectivity index (χ3v) is 2.03. The predicted molar refractivity (Wildman–Crippen MR) is 60.9 cm³/mol. The molecule has 2 N–H and O–H groups in total. The minimum absolute atomic E-state index is 0.0900. The number of aromatic nitrogens is 1. The molecule has 0 aliphatic rings. The first-order chi connectivity index (χ1) is 8.13. The molecule has 92 valence electrons. The summed E-state index contributed by atoms with van der Waals surface area (Å²) >= 11 is 0. The van der Waals surface area contributed by atoms with Crippen molar-refractivity contribution in [1.29, 1.82) is 0 Å². The van der Waals surface area contributed by atoms with Gasteiger partial charge in [-0.3, -0.25) is 4.79 Å². The van der Waals surface area contributed by atoms with Crippen molar-refractivity contribution < 1.29 is 19.4 Å². The van der Waals surface area contributed by atoms with Crippen molar-refractivity contribution in [3.8, 4) is 0 Å². The van der Waals surface area contributed by atoms with Crippen LogP contribution in [0.25, 0.3) is 0 Å². The predicted octanol–water partition coefficient (Wildman–Crippen LogP) is 1.14. The van der Waals surface area contributed by atoms with Crippen molar-refractivity contribution in [3.63, 3.8) is 0 Å². The molecule has 0 unspecified atom stereocenters. The highest BCUT2D eigenvalue weighted by atomic mass is 16.5. The lowest BCUT2D eigenvalue weighted by atomic mass is 10.2. The fourth-order valence-electron chi connectivity index (χ4n) is 1.21.